The van der Waals surface area contributed by atoms with Crippen molar-refractivity contribution in [2.75, 3.05) is 4.90 Å². The summed E-state index contributed by atoms with van der Waals surface area (Å²) in [4.78, 5) is 29.2. The number of amides is 1. The van der Waals surface area contributed by atoms with Gasteiger partial charge in [0.25, 0.3) is 5.91 Å². The van der Waals surface area contributed by atoms with E-state index >= 15 is 0 Å². The molecule has 1 aromatic heterocycles. The summed E-state index contributed by atoms with van der Waals surface area (Å²) in [5.41, 5.74) is 4.06. The van der Waals surface area contributed by atoms with Crippen LogP contribution in [0.5, 0.6) is 5.75 Å². The monoisotopic (exact) mass is 521 g/mol. The minimum absolute atomic E-state index is 0.0544. The number of rotatable bonds is 6. The molecule has 1 amide bonds. The van der Waals surface area contributed by atoms with E-state index in [0.717, 1.165) is 23.1 Å². The van der Waals surface area contributed by atoms with Gasteiger partial charge in [0, 0.05) is 10.7 Å². The number of anilines is 1. The van der Waals surface area contributed by atoms with Gasteiger partial charge in [-0.1, -0.05) is 73.1 Å². The second kappa shape index (κ2) is 9.84. The molecular weight excluding hydrogens is 498 g/mol. The highest BCUT2D eigenvalue weighted by molar-refractivity contribution is 6.31. The van der Waals surface area contributed by atoms with Crippen molar-refractivity contribution in [2.45, 2.75) is 26.0 Å². The molecule has 38 heavy (non-hydrogen) atoms. The van der Waals surface area contributed by atoms with Gasteiger partial charge in [-0.3, -0.25) is 14.5 Å². The minimum atomic E-state index is -0.659. The van der Waals surface area contributed by atoms with E-state index in [1.807, 2.05) is 78.9 Å². The maximum absolute atomic E-state index is 13.8. The predicted molar refractivity (Wildman–Crippen MR) is 149 cm³/mol. The van der Waals surface area contributed by atoms with E-state index in [1.165, 1.54) is 0 Å². The van der Waals surface area contributed by atoms with Gasteiger partial charge < -0.3 is 9.15 Å². The van der Waals surface area contributed by atoms with Crippen LogP contribution in [-0.4, -0.2) is 5.91 Å². The number of hydrogen-bond acceptors (Lipinski definition) is 4. The first kappa shape index (κ1) is 24.0. The largest absolute Gasteiger partial charge is 0.489 e. The molecule has 1 unspecified atom stereocenters. The van der Waals surface area contributed by atoms with Crippen LogP contribution in [0.2, 0.25) is 5.02 Å². The number of ether oxygens (including phenoxy) is 1. The van der Waals surface area contributed by atoms with Crippen LogP contribution in [0.25, 0.3) is 11.0 Å². The van der Waals surface area contributed by atoms with Crippen molar-refractivity contribution in [2.24, 2.45) is 0 Å². The van der Waals surface area contributed by atoms with Gasteiger partial charge in [-0.15, -0.1) is 0 Å². The van der Waals surface area contributed by atoms with E-state index in [-0.39, 0.29) is 17.1 Å². The number of aryl methyl sites for hydroxylation is 1. The minimum Gasteiger partial charge on any atom is -0.489 e. The molecule has 0 fully saturated rings. The van der Waals surface area contributed by atoms with Crippen molar-refractivity contribution < 1.29 is 13.9 Å². The zero-order chi connectivity index (χ0) is 26.2. The van der Waals surface area contributed by atoms with E-state index in [9.17, 15) is 9.59 Å². The average Bonchev–Trinajstić information content (AvgIpc) is 3.25. The third-order valence-corrected chi connectivity index (χ3v) is 7.13. The zero-order valence-corrected chi connectivity index (χ0v) is 21.4. The molecule has 4 aromatic carbocycles. The molecule has 0 spiro atoms. The van der Waals surface area contributed by atoms with E-state index < -0.39 is 6.04 Å². The summed E-state index contributed by atoms with van der Waals surface area (Å²) in [6.07, 6.45) is 0.883. The van der Waals surface area contributed by atoms with Crippen LogP contribution in [0, 0.1) is 0 Å². The second-order valence-electron chi connectivity index (χ2n) is 9.26. The van der Waals surface area contributed by atoms with Crippen LogP contribution in [0.3, 0.4) is 0 Å². The van der Waals surface area contributed by atoms with Crippen molar-refractivity contribution in [1.82, 2.24) is 0 Å². The summed E-state index contributed by atoms with van der Waals surface area (Å²) >= 11 is 6.20. The van der Waals surface area contributed by atoms with Crippen molar-refractivity contribution in [3.05, 3.63) is 140 Å². The molecule has 1 aliphatic rings. The Hall–Kier alpha value is -4.35. The molecule has 0 bridgehead atoms. The smallest absolute Gasteiger partial charge is 0.295 e. The topological polar surface area (TPSA) is 59.8 Å². The molecule has 0 N–H and O–H groups in total. The first-order valence-corrected chi connectivity index (χ1v) is 12.9. The van der Waals surface area contributed by atoms with Crippen molar-refractivity contribution in [1.29, 1.82) is 0 Å². The van der Waals surface area contributed by atoms with Gasteiger partial charge in [-0.25, -0.2) is 0 Å². The molecular formula is C32H24ClNO4. The first-order valence-electron chi connectivity index (χ1n) is 12.5. The summed E-state index contributed by atoms with van der Waals surface area (Å²) in [5.74, 6) is 0.393. The molecule has 1 atom stereocenters. The van der Waals surface area contributed by atoms with Gasteiger partial charge in [0.2, 0.25) is 5.76 Å². The van der Waals surface area contributed by atoms with Gasteiger partial charge in [-0.2, -0.15) is 0 Å². The number of nitrogens with zero attached hydrogens (tertiary/aromatic N) is 1. The summed E-state index contributed by atoms with van der Waals surface area (Å²) in [6, 6.07) is 29.4. The Labute approximate surface area is 224 Å². The highest BCUT2D eigenvalue weighted by atomic mass is 35.5. The summed E-state index contributed by atoms with van der Waals surface area (Å²) < 4.78 is 12.0. The summed E-state index contributed by atoms with van der Waals surface area (Å²) in [7, 11) is 0. The third kappa shape index (κ3) is 4.25. The average molecular weight is 522 g/mol. The highest BCUT2D eigenvalue weighted by Gasteiger charge is 2.43. The summed E-state index contributed by atoms with van der Waals surface area (Å²) in [6.45, 7) is 2.52. The number of hydrogen-bond donors (Lipinski definition) is 0. The van der Waals surface area contributed by atoms with Crippen molar-refractivity contribution >= 4 is 34.2 Å². The highest BCUT2D eigenvalue weighted by Crippen LogP contribution is 2.41. The maximum atomic E-state index is 13.8. The Bertz CT molecular complexity index is 1690. The van der Waals surface area contributed by atoms with Crippen molar-refractivity contribution in [3.8, 4) is 5.75 Å². The Morgan fingerprint density at radius 2 is 1.61 bits per heavy atom. The Morgan fingerprint density at radius 1 is 0.868 bits per heavy atom. The number of carbonyl (C=O) groups is 1. The molecule has 5 aromatic rings. The SMILES string of the molecule is CCc1ccc(N2C(=O)c3oc4ccc(Cl)cc4c(=O)c3C2c2ccc(OCc3ccccc3)cc2)cc1. The molecule has 6 rings (SSSR count). The van der Waals surface area contributed by atoms with E-state index in [4.69, 9.17) is 20.8 Å². The fourth-order valence-corrected chi connectivity index (χ4v) is 5.08. The molecule has 2 heterocycles. The van der Waals surface area contributed by atoms with Crippen LogP contribution in [0.1, 0.15) is 45.8 Å². The molecule has 0 radical (unpaired) electrons. The fourth-order valence-electron chi connectivity index (χ4n) is 4.91. The predicted octanol–water partition coefficient (Wildman–Crippen LogP) is 7.34. The second-order valence-corrected chi connectivity index (χ2v) is 9.69. The number of benzene rings is 4. The van der Waals surface area contributed by atoms with Gasteiger partial charge >= 0.3 is 0 Å². The number of halogens is 1. The molecule has 188 valence electrons. The van der Waals surface area contributed by atoms with Crippen LogP contribution >= 0.6 is 11.6 Å². The Balaban J connectivity index is 1.44. The Kier molecular flexibility index (Phi) is 6.22. The van der Waals surface area contributed by atoms with Gasteiger partial charge in [0.05, 0.1) is 17.0 Å². The maximum Gasteiger partial charge on any atom is 0.295 e. The molecule has 0 saturated heterocycles. The lowest BCUT2D eigenvalue weighted by atomic mass is 9.98. The lowest BCUT2D eigenvalue weighted by Crippen LogP contribution is -2.29. The molecule has 6 heteroatoms. The zero-order valence-electron chi connectivity index (χ0n) is 20.7. The van der Waals surface area contributed by atoms with Crippen LogP contribution in [-0.2, 0) is 13.0 Å². The van der Waals surface area contributed by atoms with E-state index in [1.54, 1.807) is 23.1 Å². The van der Waals surface area contributed by atoms with E-state index in [2.05, 4.69) is 6.92 Å². The lowest BCUT2D eigenvalue weighted by Gasteiger charge is -2.25. The fraction of sp³-hybridized carbons (Fsp3) is 0.125. The van der Waals surface area contributed by atoms with Gasteiger partial charge in [0.15, 0.2) is 5.43 Å². The quantitative estimate of drug-likeness (QED) is 0.234. The standard InChI is InChI=1S/C32H24ClNO4/c1-2-20-8-13-24(14-9-20)34-29(22-10-15-25(16-11-22)37-19-21-6-4-3-5-7-21)28-30(35)26-18-23(33)12-17-27(26)38-31(28)32(34)36/h3-18,29H,2,19H2,1H3. The van der Waals surface area contributed by atoms with Crippen LogP contribution < -0.4 is 15.1 Å². The normalized spacial score (nSPS) is 14.6. The Morgan fingerprint density at radius 3 is 2.32 bits per heavy atom. The van der Waals surface area contributed by atoms with Gasteiger partial charge in [-0.05, 0) is 65.6 Å². The number of carbonyl (C=O) groups excluding carboxylic acids is 1. The molecule has 1 aliphatic heterocycles. The molecule has 5 nitrogen and oxygen atoms in total. The van der Waals surface area contributed by atoms with E-state index in [0.29, 0.717) is 39.6 Å². The molecule has 0 aliphatic carbocycles. The van der Waals surface area contributed by atoms with Gasteiger partial charge in [0.1, 0.15) is 17.9 Å². The van der Waals surface area contributed by atoms with Crippen LogP contribution in [0.15, 0.2) is 106 Å². The number of fused-ring (bicyclic) bond motifs is 2. The van der Waals surface area contributed by atoms with Crippen molar-refractivity contribution in [3.63, 3.8) is 0 Å². The summed E-state index contributed by atoms with van der Waals surface area (Å²) in [5, 5.41) is 0.776. The van der Waals surface area contributed by atoms with Crippen LogP contribution in [0.4, 0.5) is 5.69 Å². The first-order chi connectivity index (χ1) is 18.5. The molecule has 0 saturated carbocycles. The third-order valence-electron chi connectivity index (χ3n) is 6.90. The lowest BCUT2D eigenvalue weighted by molar-refractivity contribution is 0.0971.